The van der Waals surface area contributed by atoms with E-state index in [9.17, 15) is 10.1 Å². The first-order valence-electron chi connectivity index (χ1n) is 6.12. The van der Waals surface area contributed by atoms with Crippen molar-refractivity contribution in [1.82, 2.24) is 9.97 Å². The molecule has 0 aromatic carbocycles. The zero-order valence-corrected chi connectivity index (χ0v) is 10.7. The van der Waals surface area contributed by atoms with Crippen molar-refractivity contribution in [1.29, 1.82) is 0 Å². The van der Waals surface area contributed by atoms with E-state index in [4.69, 9.17) is 10.5 Å². The highest BCUT2D eigenvalue weighted by molar-refractivity contribution is 5.57. The van der Waals surface area contributed by atoms with Gasteiger partial charge >= 0.3 is 5.69 Å². The highest BCUT2D eigenvalue weighted by atomic mass is 16.6. The van der Waals surface area contributed by atoms with Crippen molar-refractivity contribution in [3.63, 3.8) is 0 Å². The first-order chi connectivity index (χ1) is 9.09. The zero-order valence-electron chi connectivity index (χ0n) is 10.7. The summed E-state index contributed by atoms with van der Waals surface area (Å²) in [5.41, 5.74) is 5.11. The van der Waals surface area contributed by atoms with E-state index in [1.54, 1.807) is 0 Å². The van der Waals surface area contributed by atoms with Gasteiger partial charge in [-0.3, -0.25) is 10.1 Å². The molecule has 1 aliphatic rings. The second-order valence-electron chi connectivity index (χ2n) is 4.66. The number of rotatable bonds is 4. The molecule has 0 spiro atoms. The third-order valence-corrected chi connectivity index (χ3v) is 3.35. The van der Waals surface area contributed by atoms with Crippen LogP contribution in [0.25, 0.3) is 0 Å². The molecule has 0 radical (unpaired) electrons. The standard InChI is InChI=1S/C12H16N4O3/c1-8-4-2-3-5-9(8)6-19-12-10(16(17)18)11(13)14-7-15-12/h2-3,7-9H,4-6H2,1H3,(H2,13,14,15). The van der Waals surface area contributed by atoms with Gasteiger partial charge in [-0.1, -0.05) is 19.1 Å². The molecule has 0 fully saturated rings. The third kappa shape index (κ3) is 2.98. The quantitative estimate of drug-likeness (QED) is 0.506. The van der Waals surface area contributed by atoms with Gasteiger partial charge in [0.2, 0.25) is 5.82 Å². The van der Waals surface area contributed by atoms with Gasteiger partial charge in [-0.2, -0.15) is 4.98 Å². The molecule has 1 aromatic rings. The first-order valence-corrected chi connectivity index (χ1v) is 6.12. The third-order valence-electron chi connectivity index (χ3n) is 3.35. The van der Waals surface area contributed by atoms with Gasteiger partial charge < -0.3 is 10.5 Å². The average molecular weight is 264 g/mol. The zero-order chi connectivity index (χ0) is 13.8. The minimum absolute atomic E-state index is 0.0562. The van der Waals surface area contributed by atoms with Gasteiger partial charge in [-0.25, -0.2) is 4.98 Å². The van der Waals surface area contributed by atoms with E-state index in [0.29, 0.717) is 18.4 Å². The van der Waals surface area contributed by atoms with Crippen LogP contribution in [0.5, 0.6) is 5.88 Å². The Hall–Kier alpha value is -2.18. The molecule has 2 N–H and O–H groups in total. The van der Waals surface area contributed by atoms with Crippen LogP contribution in [0.2, 0.25) is 0 Å². The summed E-state index contributed by atoms with van der Waals surface area (Å²) in [6.45, 7) is 2.53. The highest BCUT2D eigenvalue weighted by Gasteiger charge is 2.25. The number of ether oxygens (including phenoxy) is 1. The summed E-state index contributed by atoms with van der Waals surface area (Å²) >= 11 is 0. The molecule has 2 rings (SSSR count). The molecule has 7 heteroatoms. The van der Waals surface area contributed by atoms with Crippen molar-refractivity contribution in [3.05, 3.63) is 28.6 Å². The molecule has 0 saturated carbocycles. The summed E-state index contributed by atoms with van der Waals surface area (Å²) in [6.07, 6.45) is 7.34. The van der Waals surface area contributed by atoms with Crippen molar-refractivity contribution >= 4 is 11.5 Å². The van der Waals surface area contributed by atoms with Gasteiger partial charge in [-0.05, 0) is 24.7 Å². The van der Waals surface area contributed by atoms with Crippen LogP contribution in [-0.2, 0) is 0 Å². The van der Waals surface area contributed by atoms with Crippen LogP contribution in [0, 0.1) is 22.0 Å². The molecule has 0 amide bonds. The summed E-state index contributed by atoms with van der Waals surface area (Å²) in [7, 11) is 0. The van der Waals surface area contributed by atoms with Crippen LogP contribution in [0.15, 0.2) is 18.5 Å². The number of nitrogens with two attached hydrogens (primary N) is 1. The van der Waals surface area contributed by atoms with Gasteiger partial charge in [-0.15, -0.1) is 0 Å². The summed E-state index contributed by atoms with van der Waals surface area (Å²) in [4.78, 5) is 17.7. The fourth-order valence-electron chi connectivity index (χ4n) is 2.08. The number of nitrogens with zero attached hydrogens (tertiary/aromatic N) is 3. The fraction of sp³-hybridized carbons (Fsp3) is 0.500. The fourth-order valence-corrected chi connectivity index (χ4v) is 2.08. The van der Waals surface area contributed by atoms with E-state index in [1.165, 1.54) is 6.33 Å². The maximum atomic E-state index is 10.9. The molecule has 0 bridgehead atoms. The molecule has 0 aliphatic heterocycles. The van der Waals surface area contributed by atoms with Crippen LogP contribution in [0.3, 0.4) is 0 Å². The van der Waals surface area contributed by atoms with Crippen LogP contribution in [0.1, 0.15) is 19.8 Å². The molecule has 1 heterocycles. The second kappa shape index (κ2) is 5.64. The highest BCUT2D eigenvalue weighted by Crippen LogP contribution is 2.31. The van der Waals surface area contributed by atoms with E-state index in [1.807, 2.05) is 0 Å². The Morgan fingerprint density at radius 3 is 2.89 bits per heavy atom. The van der Waals surface area contributed by atoms with Crippen LogP contribution in [-0.4, -0.2) is 21.5 Å². The minimum Gasteiger partial charge on any atom is -0.472 e. The second-order valence-corrected chi connectivity index (χ2v) is 4.66. The normalized spacial score (nSPS) is 22.2. The largest absolute Gasteiger partial charge is 0.472 e. The molecule has 0 saturated heterocycles. The Bertz CT molecular complexity index is 504. The monoisotopic (exact) mass is 264 g/mol. The Kier molecular flexibility index (Phi) is 3.94. The van der Waals surface area contributed by atoms with Gasteiger partial charge in [0.25, 0.3) is 5.88 Å². The van der Waals surface area contributed by atoms with Crippen molar-refractivity contribution < 1.29 is 9.66 Å². The lowest BCUT2D eigenvalue weighted by molar-refractivity contribution is -0.385. The first kappa shape index (κ1) is 13.3. The van der Waals surface area contributed by atoms with Crippen molar-refractivity contribution in [2.45, 2.75) is 19.8 Å². The van der Waals surface area contributed by atoms with E-state index in [0.717, 1.165) is 12.8 Å². The number of nitro groups is 1. The number of allylic oxidation sites excluding steroid dienone is 2. The lowest BCUT2D eigenvalue weighted by Gasteiger charge is -2.24. The molecule has 102 valence electrons. The average Bonchev–Trinajstić information content (AvgIpc) is 2.37. The maximum absolute atomic E-state index is 10.9. The Balaban J connectivity index is 2.09. The molecule has 2 unspecified atom stereocenters. The maximum Gasteiger partial charge on any atom is 0.372 e. The molecule has 19 heavy (non-hydrogen) atoms. The predicted molar refractivity (Wildman–Crippen MR) is 69.6 cm³/mol. The number of anilines is 1. The van der Waals surface area contributed by atoms with Gasteiger partial charge in [0.1, 0.15) is 6.33 Å². The number of aromatic nitrogens is 2. The predicted octanol–water partition coefficient (Wildman–Crippen LogP) is 1.95. The summed E-state index contributed by atoms with van der Waals surface area (Å²) in [6, 6.07) is 0. The van der Waals surface area contributed by atoms with E-state index in [-0.39, 0.29) is 17.4 Å². The van der Waals surface area contributed by atoms with Crippen LogP contribution >= 0.6 is 0 Å². The Morgan fingerprint density at radius 2 is 2.21 bits per heavy atom. The van der Waals surface area contributed by atoms with Gasteiger partial charge in [0.15, 0.2) is 0 Å². The number of hydrogen-bond donors (Lipinski definition) is 1. The van der Waals surface area contributed by atoms with Gasteiger partial charge in [0.05, 0.1) is 11.5 Å². The summed E-state index contributed by atoms with van der Waals surface area (Å²) in [5, 5.41) is 10.9. The Labute approximate surface area is 110 Å². The molecular weight excluding hydrogens is 248 g/mol. The van der Waals surface area contributed by atoms with E-state index >= 15 is 0 Å². The lowest BCUT2D eigenvalue weighted by Crippen LogP contribution is -2.21. The summed E-state index contributed by atoms with van der Waals surface area (Å²) < 4.78 is 5.48. The molecule has 7 nitrogen and oxygen atoms in total. The Morgan fingerprint density at radius 1 is 1.47 bits per heavy atom. The lowest BCUT2D eigenvalue weighted by atomic mass is 9.85. The minimum atomic E-state index is -0.616. The topological polar surface area (TPSA) is 104 Å². The van der Waals surface area contributed by atoms with Crippen molar-refractivity contribution in [2.24, 2.45) is 11.8 Å². The van der Waals surface area contributed by atoms with E-state index < -0.39 is 4.92 Å². The molecular formula is C12H16N4O3. The molecule has 2 atom stereocenters. The van der Waals surface area contributed by atoms with Crippen molar-refractivity contribution in [2.75, 3.05) is 12.3 Å². The summed E-state index contributed by atoms with van der Waals surface area (Å²) in [5.74, 6) is 0.592. The molecule has 1 aliphatic carbocycles. The van der Waals surface area contributed by atoms with E-state index in [2.05, 4.69) is 29.0 Å². The molecule has 1 aromatic heterocycles. The SMILES string of the molecule is CC1CC=CCC1COc1ncnc(N)c1[N+](=O)[O-]. The number of hydrogen-bond acceptors (Lipinski definition) is 6. The van der Waals surface area contributed by atoms with Crippen LogP contribution < -0.4 is 10.5 Å². The van der Waals surface area contributed by atoms with Crippen LogP contribution in [0.4, 0.5) is 11.5 Å². The van der Waals surface area contributed by atoms with Crippen molar-refractivity contribution in [3.8, 4) is 5.88 Å². The van der Waals surface area contributed by atoms with Gasteiger partial charge in [0, 0.05) is 0 Å². The number of nitrogen functional groups attached to an aromatic ring is 1. The smallest absolute Gasteiger partial charge is 0.372 e.